The van der Waals surface area contributed by atoms with E-state index < -0.39 is 43.5 Å². The number of hydrogen-bond donors (Lipinski definition) is 2. The molecule has 0 unspecified atom stereocenters. The maximum atomic E-state index is 12.9. The number of nitrogens with zero attached hydrogens (tertiary/aromatic N) is 3. The third-order valence-electron chi connectivity index (χ3n) is 7.98. The summed E-state index contributed by atoms with van der Waals surface area (Å²) in [6, 6.07) is 2.31. The molecule has 2 saturated heterocycles. The van der Waals surface area contributed by atoms with Crippen LogP contribution >= 0.6 is 7.60 Å². The minimum atomic E-state index is -3.37. The lowest BCUT2D eigenvalue weighted by Gasteiger charge is -2.25. The summed E-state index contributed by atoms with van der Waals surface area (Å²) in [5.41, 5.74) is -0.295. The molecule has 4 heterocycles. The van der Waals surface area contributed by atoms with E-state index in [4.69, 9.17) is 38.0 Å². The van der Waals surface area contributed by atoms with Gasteiger partial charge in [-0.2, -0.15) is 0 Å². The van der Waals surface area contributed by atoms with E-state index in [9.17, 15) is 9.67 Å². The van der Waals surface area contributed by atoms with Crippen molar-refractivity contribution in [3.8, 4) is 11.8 Å². The van der Waals surface area contributed by atoms with Crippen molar-refractivity contribution in [1.82, 2.24) is 14.5 Å². The number of ether oxygens (including phenoxy) is 4. The predicted octanol–water partition coefficient (Wildman–Crippen LogP) is 4.32. The molecular weight excluding hydrogens is 563 g/mol. The lowest BCUT2D eigenvalue weighted by atomic mass is 10.1. The fourth-order valence-corrected chi connectivity index (χ4v) is 7.23. The molecule has 6 rings (SSSR count). The van der Waals surface area contributed by atoms with Gasteiger partial charge in [0.15, 0.2) is 12.0 Å². The molecule has 42 heavy (non-hydrogen) atoms. The highest BCUT2D eigenvalue weighted by Crippen LogP contribution is 2.49. The molecule has 2 N–H and O–H groups in total. The third kappa shape index (κ3) is 6.40. The van der Waals surface area contributed by atoms with Crippen molar-refractivity contribution < 1.29 is 37.7 Å². The van der Waals surface area contributed by atoms with Gasteiger partial charge in [0.05, 0.1) is 25.2 Å². The van der Waals surface area contributed by atoms with Gasteiger partial charge in [0.25, 0.3) is 0 Å². The summed E-state index contributed by atoms with van der Waals surface area (Å²) in [4.78, 5) is 9.55. The number of fused-ring (bicyclic) bond motifs is 2. The molecule has 2 aliphatic heterocycles. The molecule has 0 radical (unpaired) electrons. The lowest BCUT2D eigenvalue weighted by molar-refractivity contribution is -0.201. The average Bonchev–Trinajstić information content (AvgIpc) is 3.35. The van der Waals surface area contributed by atoms with Crippen LogP contribution in [0.15, 0.2) is 12.3 Å². The number of anilines is 1. The molecule has 4 fully saturated rings. The standard InChI is InChI=1S/C29H41N4O8P/c1-5-37-42(35,38-6-2)18-36-17-21-23-24(41-28(3,4)40-23)27(39-21)33-16-12-20-25(30-19-9-7-8-10-19)31-22(32-26(20)33)11-13-29(34)14-15-29/h12,16,19,21,23-24,27,34H,5-10,14-15,17-18H2,1-4H3,(H,30,31,32)/t21-,23-,24-,27-/m1/s1. The van der Waals surface area contributed by atoms with Gasteiger partial charge in [-0.1, -0.05) is 18.8 Å². The summed E-state index contributed by atoms with van der Waals surface area (Å²) in [6.45, 7) is 7.88. The van der Waals surface area contributed by atoms with Crippen molar-refractivity contribution in [2.75, 3.05) is 31.5 Å². The van der Waals surface area contributed by atoms with Crippen molar-refractivity contribution in [3.05, 3.63) is 18.1 Å². The fourth-order valence-electron chi connectivity index (χ4n) is 5.89. The Morgan fingerprint density at radius 2 is 1.86 bits per heavy atom. The maximum absolute atomic E-state index is 12.9. The van der Waals surface area contributed by atoms with Crippen molar-refractivity contribution in [2.24, 2.45) is 0 Å². The van der Waals surface area contributed by atoms with Crippen LogP contribution in [-0.2, 0) is 32.6 Å². The van der Waals surface area contributed by atoms with E-state index >= 15 is 0 Å². The Morgan fingerprint density at radius 3 is 2.55 bits per heavy atom. The largest absolute Gasteiger partial charge is 0.378 e. The molecule has 2 aromatic rings. The highest BCUT2D eigenvalue weighted by atomic mass is 31.2. The Kier molecular flexibility index (Phi) is 8.41. The van der Waals surface area contributed by atoms with Crippen LogP contribution in [0.4, 0.5) is 5.82 Å². The molecule has 0 aromatic carbocycles. The summed E-state index contributed by atoms with van der Waals surface area (Å²) in [5, 5.41) is 14.8. The first-order chi connectivity index (χ1) is 20.1. The molecule has 12 nitrogen and oxygen atoms in total. The van der Waals surface area contributed by atoms with Crippen LogP contribution in [0.5, 0.6) is 0 Å². The van der Waals surface area contributed by atoms with E-state index in [0.717, 1.165) is 24.0 Å². The number of rotatable bonds is 11. The molecule has 4 atom stereocenters. The molecule has 4 aliphatic rings. The Labute approximate surface area is 246 Å². The van der Waals surface area contributed by atoms with Crippen LogP contribution in [0.25, 0.3) is 11.0 Å². The first-order valence-electron chi connectivity index (χ1n) is 15.0. The number of aliphatic hydroxyl groups is 1. The van der Waals surface area contributed by atoms with Gasteiger partial charge in [0.1, 0.15) is 41.7 Å². The Morgan fingerprint density at radius 1 is 1.14 bits per heavy atom. The first kappa shape index (κ1) is 30.0. The van der Waals surface area contributed by atoms with Gasteiger partial charge in [-0.3, -0.25) is 4.57 Å². The number of aromatic nitrogens is 3. The Hall–Kier alpha value is -2.07. The van der Waals surface area contributed by atoms with E-state index in [0.29, 0.717) is 30.4 Å². The topological polar surface area (TPSA) is 135 Å². The molecule has 13 heteroatoms. The molecular formula is C29H41N4O8P. The molecule has 2 aromatic heterocycles. The molecule has 0 spiro atoms. The van der Waals surface area contributed by atoms with Gasteiger partial charge < -0.3 is 43.0 Å². The van der Waals surface area contributed by atoms with Gasteiger partial charge in [-0.15, -0.1) is 0 Å². The second-order valence-electron chi connectivity index (χ2n) is 11.8. The first-order valence-corrected chi connectivity index (χ1v) is 16.7. The highest BCUT2D eigenvalue weighted by Gasteiger charge is 2.56. The SMILES string of the molecule is CCOP(=O)(COC[C@H]1O[C@@H](n2ccc3c(NC4CCCC4)nc(C#CC4(O)CC4)nc32)[C@@H]2OC(C)(C)O[C@@H]21)OCC. The van der Waals surface area contributed by atoms with E-state index in [-0.39, 0.29) is 26.2 Å². The van der Waals surface area contributed by atoms with Crippen molar-refractivity contribution in [2.45, 2.75) is 108 Å². The molecule has 0 bridgehead atoms. The fraction of sp³-hybridized carbons (Fsp3) is 0.724. The van der Waals surface area contributed by atoms with Crippen LogP contribution in [-0.4, -0.2) is 81.6 Å². The summed E-state index contributed by atoms with van der Waals surface area (Å²) in [5.74, 6) is 6.16. The van der Waals surface area contributed by atoms with Crippen LogP contribution in [0, 0.1) is 11.8 Å². The zero-order valence-corrected chi connectivity index (χ0v) is 25.6. The number of hydrogen-bond acceptors (Lipinski definition) is 11. The van der Waals surface area contributed by atoms with E-state index in [1.165, 1.54) is 12.8 Å². The third-order valence-corrected chi connectivity index (χ3v) is 9.78. The van der Waals surface area contributed by atoms with Crippen LogP contribution in [0.1, 0.15) is 78.3 Å². The van der Waals surface area contributed by atoms with E-state index in [2.05, 4.69) is 17.2 Å². The summed E-state index contributed by atoms with van der Waals surface area (Å²) >= 11 is 0. The van der Waals surface area contributed by atoms with Crippen molar-refractivity contribution in [1.29, 1.82) is 0 Å². The smallest absolute Gasteiger partial charge is 0.356 e. The van der Waals surface area contributed by atoms with Crippen LogP contribution < -0.4 is 5.32 Å². The second kappa shape index (κ2) is 11.8. The second-order valence-corrected chi connectivity index (χ2v) is 13.8. The minimum Gasteiger partial charge on any atom is -0.378 e. The molecule has 2 saturated carbocycles. The van der Waals surface area contributed by atoms with Crippen molar-refractivity contribution in [3.63, 3.8) is 0 Å². The quantitative estimate of drug-likeness (QED) is 0.280. The van der Waals surface area contributed by atoms with Crippen molar-refractivity contribution >= 4 is 24.4 Å². The van der Waals surface area contributed by atoms with E-state index in [1.54, 1.807) is 13.8 Å². The van der Waals surface area contributed by atoms with Gasteiger partial charge in [-0.05, 0) is 65.4 Å². The lowest BCUT2D eigenvalue weighted by Crippen LogP contribution is -2.33. The van der Waals surface area contributed by atoms with Crippen LogP contribution in [0.2, 0.25) is 0 Å². The van der Waals surface area contributed by atoms with Gasteiger partial charge in [0.2, 0.25) is 5.82 Å². The predicted molar refractivity (Wildman–Crippen MR) is 154 cm³/mol. The summed E-state index contributed by atoms with van der Waals surface area (Å²) in [7, 11) is -3.37. The molecule has 230 valence electrons. The van der Waals surface area contributed by atoms with Gasteiger partial charge in [0, 0.05) is 12.2 Å². The van der Waals surface area contributed by atoms with Crippen LogP contribution in [0.3, 0.4) is 0 Å². The Bertz CT molecular complexity index is 1380. The van der Waals surface area contributed by atoms with Gasteiger partial charge >= 0.3 is 7.60 Å². The zero-order chi connectivity index (χ0) is 29.5. The zero-order valence-electron chi connectivity index (χ0n) is 24.7. The normalized spacial score (nSPS) is 28.1. The maximum Gasteiger partial charge on any atom is 0.356 e. The number of nitrogens with one attached hydrogen (secondary N) is 1. The minimum absolute atomic E-state index is 0.110. The van der Waals surface area contributed by atoms with E-state index in [1.807, 2.05) is 30.7 Å². The Balaban J connectivity index is 1.29. The molecule has 0 amide bonds. The molecule has 2 aliphatic carbocycles. The monoisotopic (exact) mass is 604 g/mol. The summed E-state index contributed by atoms with van der Waals surface area (Å²) in [6.07, 6.45) is 5.65. The summed E-state index contributed by atoms with van der Waals surface area (Å²) < 4.78 is 50.5. The average molecular weight is 605 g/mol. The van der Waals surface area contributed by atoms with Gasteiger partial charge in [-0.25, -0.2) is 9.97 Å². The highest BCUT2D eigenvalue weighted by molar-refractivity contribution is 7.53.